The van der Waals surface area contributed by atoms with Gasteiger partial charge in [-0.05, 0) is 36.8 Å². The third kappa shape index (κ3) is 3.39. The molecule has 1 atom stereocenters. The molecule has 0 saturated carbocycles. The predicted octanol–water partition coefficient (Wildman–Crippen LogP) is 2.59. The Bertz CT molecular complexity index is 428. The minimum Gasteiger partial charge on any atom is -0.508 e. The molecule has 2 N–H and O–H groups in total. The number of carboxylic acid groups (broad SMARTS) is 1. The molecule has 1 unspecified atom stereocenters. The van der Waals surface area contributed by atoms with Gasteiger partial charge in [-0.2, -0.15) is 0 Å². The van der Waals surface area contributed by atoms with Gasteiger partial charge in [0.1, 0.15) is 11.5 Å². The van der Waals surface area contributed by atoms with Gasteiger partial charge in [-0.15, -0.1) is 0 Å². The van der Waals surface area contributed by atoms with Gasteiger partial charge >= 0.3 is 5.97 Å². The van der Waals surface area contributed by atoms with Crippen LogP contribution in [0.3, 0.4) is 0 Å². The van der Waals surface area contributed by atoms with Crippen molar-refractivity contribution < 1.29 is 19.7 Å². The Hall–Kier alpha value is -1.71. The van der Waals surface area contributed by atoms with Gasteiger partial charge in [0.15, 0.2) is 0 Å². The Morgan fingerprint density at radius 2 is 2.22 bits per heavy atom. The highest BCUT2D eigenvalue weighted by atomic mass is 16.5. The Balaban J connectivity index is 1.81. The SMILES string of the molecule is O=C(O)CCCCC1COc2cc(O)ccc2C1. The first-order valence-electron chi connectivity index (χ1n) is 6.31. The molecule has 0 saturated heterocycles. The van der Waals surface area contributed by atoms with E-state index in [1.165, 1.54) is 0 Å². The maximum Gasteiger partial charge on any atom is 0.303 e. The van der Waals surface area contributed by atoms with Gasteiger partial charge in [-0.25, -0.2) is 0 Å². The van der Waals surface area contributed by atoms with E-state index < -0.39 is 5.97 Å². The van der Waals surface area contributed by atoms with Crippen LogP contribution in [0.15, 0.2) is 18.2 Å². The fourth-order valence-electron chi connectivity index (χ4n) is 2.32. The largest absolute Gasteiger partial charge is 0.508 e. The summed E-state index contributed by atoms with van der Waals surface area (Å²) in [5.41, 5.74) is 1.13. The lowest BCUT2D eigenvalue weighted by atomic mass is 9.92. The number of ether oxygens (including phenoxy) is 1. The number of rotatable bonds is 5. The first kappa shape index (κ1) is 12.7. The van der Waals surface area contributed by atoms with Gasteiger partial charge in [0.25, 0.3) is 0 Å². The smallest absolute Gasteiger partial charge is 0.303 e. The summed E-state index contributed by atoms with van der Waals surface area (Å²) < 4.78 is 5.62. The fraction of sp³-hybridized carbons (Fsp3) is 0.500. The van der Waals surface area contributed by atoms with Crippen LogP contribution < -0.4 is 4.74 Å². The second-order valence-corrected chi connectivity index (χ2v) is 4.81. The molecule has 98 valence electrons. The normalized spacial score (nSPS) is 17.9. The van der Waals surface area contributed by atoms with Crippen molar-refractivity contribution in [3.05, 3.63) is 23.8 Å². The molecule has 0 aromatic heterocycles. The average Bonchev–Trinajstić information content (AvgIpc) is 2.34. The molecule has 1 aromatic rings. The van der Waals surface area contributed by atoms with Crippen LogP contribution in [-0.2, 0) is 11.2 Å². The summed E-state index contributed by atoms with van der Waals surface area (Å²) in [4.78, 5) is 10.4. The summed E-state index contributed by atoms with van der Waals surface area (Å²) in [5.74, 6) is 0.733. The molecule has 4 heteroatoms. The van der Waals surface area contributed by atoms with Crippen LogP contribution in [0, 0.1) is 5.92 Å². The van der Waals surface area contributed by atoms with Crippen LogP contribution in [0.5, 0.6) is 11.5 Å². The number of carboxylic acids is 1. The number of hydrogen-bond donors (Lipinski definition) is 2. The number of unbranched alkanes of at least 4 members (excludes halogenated alkanes) is 1. The summed E-state index contributed by atoms with van der Waals surface area (Å²) >= 11 is 0. The molecule has 0 spiro atoms. The van der Waals surface area contributed by atoms with Crippen molar-refractivity contribution in [3.8, 4) is 11.5 Å². The van der Waals surface area contributed by atoms with Crippen LogP contribution in [0.25, 0.3) is 0 Å². The van der Waals surface area contributed by atoms with E-state index in [-0.39, 0.29) is 12.2 Å². The zero-order valence-electron chi connectivity index (χ0n) is 10.3. The highest BCUT2D eigenvalue weighted by Crippen LogP contribution is 2.32. The number of aromatic hydroxyl groups is 1. The third-order valence-corrected chi connectivity index (χ3v) is 3.29. The van der Waals surface area contributed by atoms with E-state index in [1.54, 1.807) is 12.1 Å². The van der Waals surface area contributed by atoms with Crippen molar-refractivity contribution in [1.82, 2.24) is 0 Å². The molecule has 0 radical (unpaired) electrons. The number of benzene rings is 1. The van der Waals surface area contributed by atoms with E-state index in [4.69, 9.17) is 9.84 Å². The Labute approximate surface area is 106 Å². The Morgan fingerprint density at radius 1 is 1.39 bits per heavy atom. The lowest BCUT2D eigenvalue weighted by Gasteiger charge is -2.25. The van der Waals surface area contributed by atoms with Crippen molar-refractivity contribution in [2.75, 3.05) is 6.61 Å². The van der Waals surface area contributed by atoms with Gasteiger partial charge in [0.05, 0.1) is 6.61 Å². The lowest BCUT2D eigenvalue weighted by Crippen LogP contribution is -2.20. The minimum absolute atomic E-state index is 0.230. The molecule has 1 heterocycles. The standard InChI is InChI=1S/C14H18O4/c15-12-6-5-11-7-10(9-18-13(11)8-12)3-1-2-4-14(16)17/h5-6,8,10,15H,1-4,7,9H2,(H,16,17). The van der Waals surface area contributed by atoms with E-state index in [2.05, 4.69) is 0 Å². The quantitative estimate of drug-likeness (QED) is 0.788. The van der Waals surface area contributed by atoms with Gasteiger partial charge < -0.3 is 14.9 Å². The van der Waals surface area contributed by atoms with E-state index in [9.17, 15) is 9.90 Å². The monoisotopic (exact) mass is 250 g/mol. The molecular weight excluding hydrogens is 232 g/mol. The van der Waals surface area contributed by atoms with Crippen molar-refractivity contribution in [1.29, 1.82) is 0 Å². The molecule has 1 aliphatic rings. The number of aliphatic carboxylic acids is 1. The Kier molecular flexibility index (Phi) is 4.07. The first-order valence-corrected chi connectivity index (χ1v) is 6.31. The summed E-state index contributed by atoms with van der Waals surface area (Å²) in [7, 11) is 0. The van der Waals surface area contributed by atoms with Gasteiger partial charge in [-0.3, -0.25) is 4.79 Å². The molecule has 0 bridgehead atoms. The topological polar surface area (TPSA) is 66.8 Å². The van der Waals surface area contributed by atoms with E-state index >= 15 is 0 Å². The van der Waals surface area contributed by atoms with Crippen molar-refractivity contribution >= 4 is 5.97 Å². The minimum atomic E-state index is -0.726. The molecule has 0 amide bonds. The maximum absolute atomic E-state index is 10.4. The molecule has 0 fully saturated rings. The Morgan fingerprint density at radius 3 is 3.00 bits per heavy atom. The summed E-state index contributed by atoms with van der Waals surface area (Å²) in [6.07, 6.45) is 3.84. The van der Waals surface area contributed by atoms with Gasteiger partial charge in [0.2, 0.25) is 0 Å². The summed E-state index contributed by atoms with van der Waals surface area (Å²) in [5, 5.41) is 17.9. The van der Waals surface area contributed by atoms with Crippen molar-refractivity contribution in [3.63, 3.8) is 0 Å². The lowest BCUT2D eigenvalue weighted by molar-refractivity contribution is -0.137. The number of carbonyl (C=O) groups is 1. The third-order valence-electron chi connectivity index (χ3n) is 3.29. The van der Waals surface area contributed by atoms with E-state index in [0.717, 1.165) is 37.0 Å². The van der Waals surface area contributed by atoms with Crippen LogP contribution in [0.1, 0.15) is 31.2 Å². The van der Waals surface area contributed by atoms with Crippen molar-refractivity contribution in [2.45, 2.75) is 32.1 Å². The van der Waals surface area contributed by atoms with E-state index in [0.29, 0.717) is 12.5 Å². The fourth-order valence-corrected chi connectivity index (χ4v) is 2.32. The molecule has 4 nitrogen and oxygen atoms in total. The number of fused-ring (bicyclic) bond motifs is 1. The zero-order chi connectivity index (χ0) is 13.0. The van der Waals surface area contributed by atoms with Gasteiger partial charge in [0, 0.05) is 12.5 Å². The summed E-state index contributed by atoms with van der Waals surface area (Å²) in [6, 6.07) is 5.22. The van der Waals surface area contributed by atoms with Crippen molar-refractivity contribution in [2.24, 2.45) is 5.92 Å². The van der Waals surface area contributed by atoms with Crippen LogP contribution in [0.4, 0.5) is 0 Å². The maximum atomic E-state index is 10.4. The number of phenolic OH excluding ortho intramolecular Hbond substituents is 1. The van der Waals surface area contributed by atoms with Crippen LogP contribution >= 0.6 is 0 Å². The molecule has 1 aliphatic heterocycles. The molecule has 2 rings (SSSR count). The highest BCUT2D eigenvalue weighted by Gasteiger charge is 2.19. The first-order chi connectivity index (χ1) is 8.65. The molecule has 1 aromatic carbocycles. The second kappa shape index (κ2) is 5.76. The second-order valence-electron chi connectivity index (χ2n) is 4.81. The van der Waals surface area contributed by atoms with E-state index in [1.807, 2.05) is 6.07 Å². The molecule has 18 heavy (non-hydrogen) atoms. The predicted molar refractivity (Wildman–Crippen MR) is 66.9 cm³/mol. The molecular formula is C14H18O4. The number of hydrogen-bond acceptors (Lipinski definition) is 3. The molecule has 0 aliphatic carbocycles. The highest BCUT2D eigenvalue weighted by molar-refractivity contribution is 5.66. The van der Waals surface area contributed by atoms with Crippen LogP contribution in [-0.4, -0.2) is 22.8 Å². The summed E-state index contributed by atoms with van der Waals surface area (Å²) in [6.45, 7) is 0.656. The van der Waals surface area contributed by atoms with Gasteiger partial charge in [-0.1, -0.05) is 12.5 Å². The zero-order valence-corrected chi connectivity index (χ0v) is 10.3. The average molecular weight is 250 g/mol. The van der Waals surface area contributed by atoms with Crippen LogP contribution in [0.2, 0.25) is 0 Å². The number of phenols is 1.